The fourth-order valence-corrected chi connectivity index (χ4v) is 3.87. The van der Waals surface area contributed by atoms with Crippen molar-refractivity contribution in [3.63, 3.8) is 0 Å². The minimum atomic E-state index is -4.52. The fraction of sp³-hybridized carbons (Fsp3) is 0.435. The highest BCUT2D eigenvalue weighted by molar-refractivity contribution is 7.07. The van der Waals surface area contributed by atoms with E-state index in [0.29, 0.717) is 0 Å². The van der Waals surface area contributed by atoms with Crippen molar-refractivity contribution in [2.75, 3.05) is 13.7 Å². The zero-order valence-corrected chi connectivity index (χ0v) is 19.9. The number of carbonyl (C=O) groups excluding carboxylic acids is 2. The van der Waals surface area contributed by atoms with Crippen LogP contribution in [0.1, 0.15) is 38.8 Å². The molecule has 0 bridgehead atoms. The van der Waals surface area contributed by atoms with Crippen molar-refractivity contribution >= 4 is 35.2 Å². The Balaban J connectivity index is 2.59. The molecular formula is C23H27F3N2O4S. The van der Waals surface area contributed by atoms with Crippen molar-refractivity contribution in [1.29, 1.82) is 0 Å². The molecule has 0 aliphatic rings. The number of ether oxygens (including phenoxy) is 1. The van der Waals surface area contributed by atoms with E-state index in [4.69, 9.17) is 4.74 Å². The predicted molar refractivity (Wildman–Crippen MR) is 121 cm³/mol. The molecular weight excluding hydrogens is 457 g/mol. The number of hydrogen-bond donors (Lipinski definition) is 1. The molecule has 0 saturated heterocycles. The number of ketones is 1. The number of methoxy groups -OCH3 is 1. The van der Waals surface area contributed by atoms with Crippen molar-refractivity contribution in [2.45, 2.75) is 46.5 Å². The standard InChI is InChI=1S/C23H27F3N2O4S/c1-14(13-32-5)27-19(30)12-28-20(11-18(29)22(2,3)4)33-17(21(28)31)10-15-7-6-8-16(9-15)23(24,25)26/h6-11,14H,12-13H2,1-5H3,(H,27,30)/b17-10+,20-11+. The lowest BCUT2D eigenvalue weighted by Gasteiger charge is -2.14. The van der Waals surface area contributed by atoms with Gasteiger partial charge in [-0.1, -0.05) is 32.9 Å². The highest BCUT2D eigenvalue weighted by Crippen LogP contribution is 2.29. The molecule has 6 nitrogen and oxygen atoms in total. The van der Waals surface area contributed by atoms with Gasteiger partial charge in [0.2, 0.25) is 5.91 Å². The van der Waals surface area contributed by atoms with Gasteiger partial charge in [0.1, 0.15) is 11.2 Å². The summed E-state index contributed by atoms with van der Waals surface area (Å²) in [6.07, 6.45) is -1.90. The lowest BCUT2D eigenvalue weighted by Crippen LogP contribution is -2.42. The largest absolute Gasteiger partial charge is 0.416 e. The van der Waals surface area contributed by atoms with Crippen LogP contribution in [-0.2, 0) is 27.0 Å². The van der Waals surface area contributed by atoms with Gasteiger partial charge in [-0.15, -0.1) is 11.3 Å². The molecule has 180 valence electrons. The molecule has 0 saturated carbocycles. The molecule has 33 heavy (non-hydrogen) atoms. The molecule has 10 heteroatoms. The number of Topliss-reactive ketones (excluding diaryl/α,β-unsaturated/α-hetero) is 1. The van der Waals surface area contributed by atoms with Gasteiger partial charge in [-0.05, 0) is 30.7 Å². The van der Waals surface area contributed by atoms with E-state index in [9.17, 15) is 27.6 Å². The average molecular weight is 485 g/mol. The Bertz CT molecular complexity index is 1190. The monoisotopic (exact) mass is 484 g/mol. The molecule has 2 rings (SSSR count). The van der Waals surface area contributed by atoms with Gasteiger partial charge in [0.25, 0.3) is 5.56 Å². The van der Waals surface area contributed by atoms with Gasteiger partial charge in [0.15, 0.2) is 5.78 Å². The summed E-state index contributed by atoms with van der Waals surface area (Å²) in [6, 6.07) is 4.28. The SMILES string of the molecule is COCC(C)NC(=O)Cn1c(=O)/c(=C\c2cccc(C(F)(F)F)c2)s/c1=C/C(=O)C(C)(C)C. The van der Waals surface area contributed by atoms with Crippen LogP contribution in [0, 0.1) is 5.41 Å². The van der Waals surface area contributed by atoms with Gasteiger partial charge >= 0.3 is 6.18 Å². The molecule has 1 atom stereocenters. The van der Waals surface area contributed by atoms with Crippen LogP contribution in [0.15, 0.2) is 29.1 Å². The second-order valence-corrected chi connectivity index (χ2v) is 9.71. The number of aromatic nitrogens is 1. The van der Waals surface area contributed by atoms with Crippen molar-refractivity contribution < 1.29 is 27.5 Å². The van der Waals surface area contributed by atoms with E-state index in [0.717, 1.165) is 28.0 Å². The lowest BCUT2D eigenvalue weighted by atomic mass is 9.91. The van der Waals surface area contributed by atoms with E-state index in [-0.39, 0.29) is 39.7 Å². The molecule has 0 fully saturated rings. The smallest absolute Gasteiger partial charge is 0.383 e. The summed E-state index contributed by atoms with van der Waals surface area (Å²) >= 11 is 0.942. The van der Waals surface area contributed by atoms with Crippen LogP contribution in [0.5, 0.6) is 0 Å². The van der Waals surface area contributed by atoms with Crippen LogP contribution in [0.3, 0.4) is 0 Å². The fourth-order valence-electron chi connectivity index (χ4n) is 2.83. The first-order valence-electron chi connectivity index (χ1n) is 10.2. The number of carbonyl (C=O) groups is 2. The normalized spacial score (nSPS) is 14.4. The summed E-state index contributed by atoms with van der Waals surface area (Å²) < 4.78 is 45.6. The van der Waals surface area contributed by atoms with Crippen molar-refractivity contribution in [1.82, 2.24) is 9.88 Å². The molecule has 1 heterocycles. The number of nitrogens with zero attached hydrogens (tertiary/aromatic N) is 1. The van der Waals surface area contributed by atoms with E-state index in [1.807, 2.05) is 0 Å². The zero-order chi connectivity index (χ0) is 25.0. The quantitative estimate of drug-likeness (QED) is 0.655. The first-order chi connectivity index (χ1) is 15.2. The summed E-state index contributed by atoms with van der Waals surface area (Å²) in [5.41, 5.74) is -1.94. The van der Waals surface area contributed by atoms with Crippen LogP contribution in [0.2, 0.25) is 0 Å². The highest BCUT2D eigenvalue weighted by atomic mass is 32.1. The van der Waals surface area contributed by atoms with Crippen molar-refractivity contribution in [2.24, 2.45) is 5.41 Å². The van der Waals surface area contributed by atoms with Crippen LogP contribution in [0.4, 0.5) is 13.2 Å². The number of thiazole rings is 1. The van der Waals surface area contributed by atoms with E-state index >= 15 is 0 Å². The average Bonchev–Trinajstić information content (AvgIpc) is 2.95. The van der Waals surface area contributed by atoms with Crippen LogP contribution in [-0.4, -0.2) is 36.0 Å². The van der Waals surface area contributed by atoms with Crippen LogP contribution < -0.4 is 20.1 Å². The second-order valence-electron chi connectivity index (χ2n) is 8.65. The lowest BCUT2D eigenvalue weighted by molar-refractivity contribution is -0.137. The summed E-state index contributed by atoms with van der Waals surface area (Å²) in [5, 5.41) is 2.70. The number of amides is 1. The molecule has 1 aromatic carbocycles. The van der Waals surface area contributed by atoms with Gasteiger partial charge < -0.3 is 10.1 Å². The number of rotatable bonds is 7. The Kier molecular flexibility index (Phi) is 8.42. The molecule has 0 spiro atoms. The van der Waals surface area contributed by atoms with Crippen molar-refractivity contribution in [3.8, 4) is 0 Å². The van der Waals surface area contributed by atoms with Crippen molar-refractivity contribution in [3.05, 3.63) is 54.9 Å². The highest BCUT2D eigenvalue weighted by Gasteiger charge is 2.30. The van der Waals surface area contributed by atoms with Gasteiger partial charge in [-0.2, -0.15) is 13.2 Å². The predicted octanol–water partition coefficient (Wildman–Crippen LogP) is 2.30. The molecule has 1 amide bonds. The minimum Gasteiger partial charge on any atom is -0.383 e. The molecule has 2 aromatic rings. The number of benzene rings is 1. The third-order valence-electron chi connectivity index (χ3n) is 4.57. The first-order valence-corrected chi connectivity index (χ1v) is 11.0. The van der Waals surface area contributed by atoms with Gasteiger partial charge in [-0.3, -0.25) is 19.0 Å². The maximum absolute atomic E-state index is 13.0. The summed E-state index contributed by atoms with van der Waals surface area (Å²) in [4.78, 5) is 38.0. The number of alkyl halides is 3. The first kappa shape index (κ1) is 26.5. The summed E-state index contributed by atoms with van der Waals surface area (Å²) in [7, 11) is 1.49. The topological polar surface area (TPSA) is 77.4 Å². The molecule has 1 N–H and O–H groups in total. The van der Waals surface area contributed by atoms with Gasteiger partial charge in [0.05, 0.1) is 16.7 Å². The minimum absolute atomic E-state index is 0.111. The Morgan fingerprint density at radius 3 is 2.48 bits per heavy atom. The van der Waals surface area contributed by atoms with E-state index in [1.54, 1.807) is 27.7 Å². The third kappa shape index (κ3) is 7.40. The van der Waals surface area contributed by atoms with Crippen LogP contribution in [0.25, 0.3) is 12.2 Å². The zero-order valence-electron chi connectivity index (χ0n) is 19.1. The summed E-state index contributed by atoms with van der Waals surface area (Å²) in [6.45, 7) is 6.83. The van der Waals surface area contributed by atoms with E-state index in [1.165, 1.54) is 31.4 Å². The molecule has 0 aliphatic heterocycles. The maximum atomic E-state index is 13.0. The Morgan fingerprint density at radius 1 is 1.24 bits per heavy atom. The third-order valence-corrected chi connectivity index (χ3v) is 5.63. The Labute approximate surface area is 193 Å². The molecule has 1 aromatic heterocycles. The second kappa shape index (κ2) is 10.5. The number of nitrogens with one attached hydrogen (secondary N) is 1. The molecule has 1 unspecified atom stereocenters. The van der Waals surface area contributed by atoms with Gasteiger partial charge in [-0.25, -0.2) is 0 Å². The van der Waals surface area contributed by atoms with E-state index < -0.39 is 28.6 Å². The Hall–Kier alpha value is -2.72. The molecule has 0 aliphatic carbocycles. The summed E-state index contributed by atoms with van der Waals surface area (Å²) in [5.74, 6) is -0.709. The van der Waals surface area contributed by atoms with Gasteiger partial charge in [0, 0.05) is 24.6 Å². The number of hydrogen-bond acceptors (Lipinski definition) is 5. The maximum Gasteiger partial charge on any atom is 0.416 e. The Morgan fingerprint density at radius 2 is 1.91 bits per heavy atom. The van der Waals surface area contributed by atoms with Crippen LogP contribution >= 0.6 is 11.3 Å². The number of halogens is 3. The molecule has 0 radical (unpaired) electrons. The van der Waals surface area contributed by atoms with E-state index in [2.05, 4.69) is 5.32 Å².